The first kappa shape index (κ1) is 25.9. The molecule has 7 nitrogen and oxygen atoms in total. The molecule has 0 atom stereocenters. The number of carbonyl (C=O) groups excluding carboxylic acids is 1. The van der Waals surface area contributed by atoms with Gasteiger partial charge in [-0.25, -0.2) is 0 Å². The van der Waals surface area contributed by atoms with Gasteiger partial charge in [0.1, 0.15) is 0 Å². The zero-order valence-corrected chi connectivity index (χ0v) is 23.0. The number of aromatic amines is 1. The summed E-state index contributed by atoms with van der Waals surface area (Å²) in [5.74, 6) is -0.543. The second-order valence-corrected chi connectivity index (χ2v) is 10.5. The number of hydrogen-bond donors (Lipinski definition) is 3. The van der Waals surface area contributed by atoms with Gasteiger partial charge < -0.3 is 5.11 Å². The van der Waals surface area contributed by atoms with Gasteiger partial charge in [0.2, 0.25) is 0 Å². The summed E-state index contributed by atoms with van der Waals surface area (Å²) in [4.78, 5) is 33.3. The van der Waals surface area contributed by atoms with E-state index in [1.165, 1.54) is 37.1 Å². The van der Waals surface area contributed by atoms with Gasteiger partial charge >= 0.3 is 174 Å². The van der Waals surface area contributed by atoms with Crippen LogP contribution in [-0.2, 0) is 29.7 Å². The van der Waals surface area contributed by atoms with E-state index in [2.05, 4.69) is 60.0 Å². The Morgan fingerprint density at radius 3 is 2.53 bits per heavy atom. The maximum atomic E-state index is 12.1. The molecule has 3 aromatic rings. The monoisotopic (exact) mass is 626 g/mol. The Morgan fingerprint density at radius 1 is 1.25 bits per heavy atom. The molecular formula is C23H30N4O3SW. The molecule has 1 aromatic carbocycles. The second kappa shape index (κ2) is 11.0. The molecule has 0 saturated heterocycles. The number of nitrogens with zero attached hydrogens (tertiary/aromatic N) is 2. The molecular weight excluding hydrogens is 596 g/mol. The van der Waals surface area contributed by atoms with Crippen molar-refractivity contribution < 1.29 is 34.0 Å². The van der Waals surface area contributed by atoms with E-state index in [1.54, 1.807) is 6.07 Å². The van der Waals surface area contributed by atoms with Crippen LogP contribution in [0.15, 0.2) is 30.3 Å². The van der Waals surface area contributed by atoms with Crippen LogP contribution in [0.5, 0.6) is 0 Å². The van der Waals surface area contributed by atoms with E-state index in [4.69, 9.17) is 5.11 Å². The number of thiophene rings is 1. The zero-order chi connectivity index (χ0) is 24.1. The van der Waals surface area contributed by atoms with Crippen LogP contribution in [0.4, 0.5) is 5.00 Å². The van der Waals surface area contributed by atoms with Gasteiger partial charge in [0.05, 0.1) is 0 Å². The molecule has 0 radical (unpaired) electrons. The van der Waals surface area contributed by atoms with Gasteiger partial charge in [-0.05, 0) is 0 Å². The van der Waals surface area contributed by atoms with Crippen molar-refractivity contribution in [2.45, 2.75) is 46.6 Å². The summed E-state index contributed by atoms with van der Waals surface area (Å²) in [6, 6.07) is 9.92. The van der Waals surface area contributed by atoms with E-state index < -0.39 is 12.5 Å². The molecule has 0 aliphatic rings. The predicted octanol–water partition coefficient (Wildman–Crippen LogP) is 4.61. The van der Waals surface area contributed by atoms with Crippen LogP contribution in [0.2, 0.25) is 0 Å². The average Bonchev–Trinajstić information content (AvgIpc) is 3.21. The van der Waals surface area contributed by atoms with Crippen LogP contribution < -0.4 is 10.2 Å². The summed E-state index contributed by atoms with van der Waals surface area (Å²) in [5, 5.41) is 13.2. The summed E-state index contributed by atoms with van der Waals surface area (Å²) in [6.45, 7) is 10.1. The molecule has 0 fully saturated rings. The van der Waals surface area contributed by atoms with Gasteiger partial charge in [0.15, 0.2) is 0 Å². The van der Waals surface area contributed by atoms with Crippen molar-refractivity contribution in [2.24, 2.45) is 0 Å². The Morgan fingerprint density at radius 2 is 1.91 bits per heavy atom. The third-order valence-corrected chi connectivity index (χ3v) is 7.23. The Kier molecular flexibility index (Phi) is 8.93. The van der Waals surface area contributed by atoms with E-state index in [1.807, 2.05) is 26.1 Å². The number of carboxylic acids is 1. The molecule has 0 unspecified atom stereocenters. The SMILES string of the molecule is CCC.Cc1nc2ccc(C(C)(C)N(C)c3ccc(C(=O)NCC(=O)O)s3)cc2[c](=[W])[nH]1. The van der Waals surface area contributed by atoms with Gasteiger partial charge in [0, 0.05) is 0 Å². The van der Waals surface area contributed by atoms with Crippen LogP contribution in [-0.4, -0.2) is 40.5 Å². The van der Waals surface area contributed by atoms with Crippen LogP contribution >= 0.6 is 11.3 Å². The van der Waals surface area contributed by atoms with E-state index in [0.29, 0.717) is 4.88 Å². The number of hydrogen-bond acceptors (Lipinski definition) is 5. The fourth-order valence-electron chi connectivity index (χ4n) is 2.98. The van der Waals surface area contributed by atoms with Crippen LogP contribution in [0.25, 0.3) is 10.9 Å². The Hall–Kier alpha value is -2.31. The second-order valence-electron chi connectivity index (χ2n) is 7.92. The Labute approximate surface area is 203 Å². The number of carbonyl (C=O) groups is 2. The van der Waals surface area contributed by atoms with Crippen molar-refractivity contribution in [3.05, 3.63) is 50.3 Å². The summed E-state index contributed by atoms with van der Waals surface area (Å²) in [6.07, 6.45) is 1.25. The predicted molar refractivity (Wildman–Crippen MR) is 126 cm³/mol. The minimum absolute atomic E-state index is 0.333. The third-order valence-electron chi connectivity index (χ3n) is 4.92. The average molecular weight is 626 g/mol. The van der Waals surface area contributed by atoms with Gasteiger partial charge in [-0.15, -0.1) is 0 Å². The number of carboxylic acid groups (broad SMARTS) is 1. The van der Waals surface area contributed by atoms with Crippen molar-refractivity contribution >= 4 is 39.1 Å². The molecule has 172 valence electrons. The van der Waals surface area contributed by atoms with Crippen molar-refractivity contribution in [1.82, 2.24) is 15.3 Å². The quantitative estimate of drug-likeness (QED) is 0.372. The topological polar surface area (TPSA) is 98.3 Å². The van der Waals surface area contributed by atoms with Crippen molar-refractivity contribution in [3.8, 4) is 0 Å². The number of fused-ring (bicyclic) bond motifs is 1. The normalized spacial score (nSPS) is 10.9. The molecule has 0 saturated carbocycles. The fourth-order valence-corrected chi connectivity index (χ4v) is 5.12. The van der Waals surface area contributed by atoms with Gasteiger partial charge in [-0.3, -0.25) is 4.79 Å². The molecule has 9 heteroatoms. The van der Waals surface area contributed by atoms with Gasteiger partial charge in [0.25, 0.3) is 0 Å². The van der Waals surface area contributed by atoms with Gasteiger partial charge in [-0.2, -0.15) is 0 Å². The van der Waals surface area contributed by atoms with Crippen molar-refractivity contribution in [2.75, 3.05) is 18.5 Å². The van der Waals surface area contributed by atoms with E-state index >= 15 is 0 Å². The Bertz CT molecular complexity index is 1170. The van der Waals surface area contributed by atoms with E-state index in [0.717, 1.165) is 31.0 Å². The molecule has 0 spiro atoms. The summed E-state index contributed by atoms with van der Waals surface area (Å²) in [7, 11) is 1.99. The number of aryl methyl sites for hydroxylation is 1. The Balaban J connectivity index is 0.00000114. The fraction of sp³-hybridized carbons (Fsp3) is 0.391. The molecule has 1 amide bonds. The third kappa shape index (κ3) is 6.14. The molecule has 3 rings (SSSR count). The summed E-state index contributed by atoms with van der Waals surface area (Å²) in [5.41, 5.74) is 1.78. The van der Waals surface area contributed by atoms with E-state index in [9.17, 15) is 9.59 Å². The molecule has 0 aliphatic heterocycles. The van der Waals surface area contributed by atoms with Crippen LogP contribution in [0.3, 0.4) is 0 Å². The first-order valence-electron chi connectivity index (χ1n) is 10.4. The number of aromatic nitrogens is 2. The zero-order valence-electron chi connectivity index (χ0n) is 19.3. The molecule has 0 aliphatic carbocycles. The van der Waals surface area contributed by atoms with Gasteiger partial charge in [-0.1, -0.05) is 20.3 Å². The van der Waals surface area contributed by atoms with Crippen LogP contribution in [0, 0.1) is 10.6 Å². The molecule has 3 N–H and O–H groups in total. The number of benzene rings is 1. The molecule has 2 aromatic heterocycles. The number of amides is 1. The standard InChI is InChI=1S/C20H22N4O3S.C3H8.W/c1-12-21-10-13-9-14(5-6-15(13)23-12)20(2,3)24(4)17-8-7-16(28-17)19(27)22-11-18(25)26;1-3-2;/h5-9H,11H2,1-4H3,(H,21,23)(H,22,27)(H,25,26);3H2,1-2H3;. The molecule has 32 heavy (non-hydrogen) atoms. The van der Waals surface area contributed by atoms with Crippen molar-refractivity contribution in [3.63, 3.8) is 0 Å². The number of aliphatic carboxylic acids is 1. The number of H-pyrrole nitrogens is 1. The summed E-state index contributed by atoms with van der Waals surface area (Å²) >= 11 is 2.69. The van der Waals surface area contributed by atoms with E-state index in [-0.39, 0.29) is 11.4 Å². The van der Waals surface area contributed by atoms with Crippen molar-refractivity contribution in [1.29, 1.82) is 0 Å². The first-order valence-corrected chi connectivity index (χ1v) is 12.6. The summed E-state index contributed by atoms with van der Waals surface area (Å²) < 4.78 is 1.15. The van der Waals surface area contributed by atoms with Crippen LogP contribution in [0.1, 0.15) is 55.2 Å². The maximum absolute atomic E-state index is 12.1. The number of rotatable bonds is 6. The number of nitrogens with one attached hydrogen (secondary N) is 2. The number of anilines is 1. The molecule has 2 heterocycles. The minimum atomic E-state index is -1.07. The molecule has 0 bridgehead atoms. The first-order chi connectivity index (χ1) is 15.0.